The summed E-state index contributed by atoms with van der Waals surface area (Å²) in [6, 6.07) is 0. The van der Waals surface area contributed by atoms with E-state index in [9.17, 15) is 13.9 Å². The number of rotatable bonds is 4. The number of hydrogen-bond donors (Lipinski definition) is 6. The van der Waals surface area contributed by atoms with E-state index in [2.05, 4.69) is 0 Å². The number of carbonyl (C=O) groups is 1. The van der Waals surface area contributed by atoms with Crippen molar-refractivity contribution in [3.05, 3.63) is 0 Å². The van der Waals surface area contributed by atoms with Crippen LogP contribution in [0.3, 0.4) is 0 Å². The lowest BCUT2D eigenvalue weighted by Crippen LogP contribution is -2.31. The molecule has 84 valence electrons. The van der Waals surface area contributed by atoms with Gasteiger partial charge >= 0.3 is 21.2 Å². The number of hydrogen-bond acceptors (Lipinski definition) is 4. The Bertz CT molecular complexity index is 299. The molecule has 14 heavy (non-hydrogen) atoms. The molecule has 0 saturated carbocycles. The fourth-order valence-corrected chi connectivity index (χ4v) is 2.62. The summed E-state index contributed by atoms with van der Waals surface area (Å²) in [4.78, 5) is 43.8. The molecule has 0 aliphatic rings. The monoisotopic (exact) mass is 250 g/mol. The Hall–Kier alpha value is -0.270. The Morgan fingerprint density at radius 1 is 1.07 bits per heavy atom. The van der Waals surface area contributed by atoms with Gasteiger partial charge in [0.15, 0.2) is 0 Å². The van der Waals surface area contributed by atoms with E-state index >= 15 is 0 Å². The second-order valence-corrected chi connectivity index (χ2v) is 6.44. The summed E-state index contributed by atoms with van der Waals surface area (Å²) >= 11 is 0. The van der Waals surface area contributed by atoms with Gasteiger partial charge in [0.25, 0.3) is 5.08 Å². The van der Waals surface area contributed by atoms with Gasteiger partial charge in [-0.3, -0.25) is 13.9 Å². The third-order valence-corrected chi connectivity index (χ3v) is 5.07. The van der Waals surface area contributed by atoms with E-state index in [0.29, 0.717) is 0 Å². The standard InChI is InChI=1S/C3H8O9P2/c4-2(5)1-3(6,13(7,8)9)14(10,11)12/h6H,1H2,(H,4,5)(H2,7,8,9)(H2,10,11,12). The van der Waals surface area contributed by atoms with Crippen LogP contribution in [-0.2, 0) is 13.9 Å². The molecular formula is C3H8O9P2. The van der Waals surface area contributed by atoms with E-state index in [1.54, 1.807) is 0 Å². The van der Waals surface area contributed by atoms with E-state index < -0.39 is 32.7 Å². The lowest BCUT2D eigenvalue weighted by Gasteiger charge is -2.27. The van der Waals surface area contributed by atoms with Gasteiger partial charge in [0, 0.05) is 0 Å². The lowest BCUT2D eigenvalue weighted by molar-refractivity contribution is -0.139. The van der Waals surface area contributed by atoms with E-state index in [1.807, 2.05) is 0 Å². The molecule has 0 aromatic heterocycles. The summed E-state index contributed by atoms with van der Waals surface area (Å²) in [6.07, 6.45) is -1.75. The fraction of sp³-hybridized carbons (Fsp3) is 0.667. The predicted molar refractivity (Wildman–Crippen MR) is 41.3 cm³/mol. The van der Waals surface area contributed by atoms with Gasteiger partial charge in [0.2, 0.25) is 0 Å². The van der Waals surface area contributed by atoms with Crippen molar-refractivity contribution < 1.29 is 43.7 Å². The second-order valence-electron chi connectivity index (χ2n) is 2.43. The quantitative estimate of drug-likeness (QED) is 0.323. The number of aliphatic hydroxyl groups is 1. The Balaban J connectivity index is 5.41. The highest BCUT2D eigenvalue weighted by molar-refractivity contribution is 7.72. The molecule has 0 spiro atoms. The first-order valence-corrected chi connectivity index (χ1v) is 6.20. The average Bonchev–Trinajstić information content (AvgIpc) is 1.79. The number of carboxylic acid groups (broad SMARTS) is 1. The van der Waals surface area contributed by atoms with Gasteiger partial charge in [-0.15, -0.1) is 0 Å². The summed E-state index contributed by atoms with van der Waals surface area (Å²) in [6.45, 7) is 0. The fourth-order valence-electron chi connectivity index (χ4n) is 0.579. The maximum Gasteiger partial charge on any atom is 0.370 e. The van der Waals surface area contributed by atoms with Crippen molar-refractivity contribution in [1.29, 1.82) is 0 Å². The summed E-state index contributed by atoms with van der Waals surface area (Å²) in [7, 11) is -11.3. The Kier molecular flexibility index (Phi) is 3.64. The van der Waals surface area contributed by atoms with Crippen LogP contribution in [0, 0.1) is 0 Å². The molecule has 0 bridgehead atoms. The topological polar surface area (TPSA) is 173 Å². The smallest absolute Gasteiger partial charge is 0.370 e. The molecule has 6 N–H and O–H groups in total. The molecule has 0 aromatic rings. The average molecular weight is 250 g/mol. The van der Waals surface area contributed by atoms with Crippen LogP contribution in [0.5, 0.6) is 0 Å². The van der Waals surface area contributed by atoms with Gasteiger partial charge in [-0.2, -0.15) is 0 Å². The summed E-state index contributed by atoms with van der Waals surface area (Å²) in [5.74, 6) is -1.95. The predicted octanol–water partition coefficient (Wildman–Crippen LogP) is -1.54. The third-order valence-electron chi connectivity index (χ3n) is 1.32. The zero-order valence-corrected chi connectivity index (χ0v) is 8.30. The zero-order chi connectivity index (χ0) is 11.8. The van der Waals surface area contributed by atoms with Crippen molar-refractivity contribution in [2.24, 2.45) is 0 Å². The van der Waals surface area contributed by atoms with Crippen molar-refractivity contribution in [2.45, 2.75) is 11.5 Å². The first kappa shape index (κ1) is 13.7. The SMILES string of the molecule is O=C(O)CC(O)(P(=O)(O)O)P(=O)(O)O. The van der Waals surface area contributed by atoms with Gasteiger partial charge in [-0.25, -0.2) is 0 Å². The molecular weight excluding hydrogens is 242 g/mol. The summed E-state index contributed by atoms with van der Waals surface area (Å²) in [5.41, 5.74) is 0. The Morgan fingerprint density at radius 3 is 1.43 bits per heavy atom. The molecule has 0 radical (unpaired) electrons. The molecule has 0 aliphatic heterocycles. The molecule has 0 heterocycles. The molecule has 0 amide bonds. The maximum atomic E-state index is 10.5. The van der Waals surface area contributed by atoms with Gasteiger partial charge in [-0.05, 0) is 0 Å². The summed E-state index contributed by atoms with van der Waals surface area (Å²) < 4.78 is 21.0. The van der Waals surface area contributed by atoms with E-state index in [4.69, 9.17) is 29.8 Å². The first-order chi connectivity index (χ1) is 5.92. The minimum absolute atomic E-state index is 1.75. The van der Waals surface area contributed by atoms with Crippen molar-refractivity contribution in [3.63, 3.8) is 0 Å². The largest absolute Gasteiger partial charge is 0.481 e. The second kappa shape index (κ2) is 3.71. The van der Waals surface area contributed by atoms with Crippen molar-refractivity contribution in [1.82, 2.24) is 0 Å². The minimum Gasteiger partial charge on any atom is -0.481 e. The van der Waals surface area contributed by atoms with Crippen LogP contribution in [-0.4, -0.2) is 40.8 Å². The number of aliphatic carboxylic acids is 1. The highest BCUT2D eigenvalue weighted by atomic mass is 31.2. The third kappa shape index (κ3) is 2.61. The molecule has 0 fully saturated rings. The highest BCUT2D eigenvalue weighted by Gasteiger charge is 2.60. The first-order valence-electron chi connectivity index (χ1n) is 2.97. The Labute approximate surface area is 77.3 Å². The molecule has 0 saturated heterocycles. The van der Waals surface area contributed by atoms with Crippen LogP contribution >= 0.6 is 15.2 Å². The van der Waals surface area contributed by atoms with Crippen LogP contribution in [0.1, 0.15) is 6.42 Å². The molecule has 11 heteroatoms. The molecule has 0 rings (SSSR count). The van der Waals surface area contributed by atoms with E-state index in [0.717, 1.165) is 0 Å². The zero-order valence-electron chi connectivity index (χ0n) is 6.51. The number of carboxylic acids is 1. The van der Waals surface area contributed by atoms with Crippen molar-refractivity contribution in [3.8, 4) is 0 Å². The molecule has 0 aromatic carbocycles. The van der Waals surface area contributed by atoms with Gasteiger partial charge < -0.3 is 29.8 Å². The maximum absolute atomic E-state index is 10.5. The van der Waals surface area contributed by atoms with Gasteiger partial charge in [0.1, 0.15) is 0 Å². The molecule has 0 unspecified atom stereocenters. The van der Waals surface area contributed by atoms with Crippen LogP contribution in [0.4, 0.5) is 0 Å². The van der Waals surface area contributed by atoms with Gasteiger partial charge in [0.05, 0.1) is 6.42 Å². The van der Waals surface area contributed by atoms with Crippen LogP contribution < -0.4 is 0 Å². The lowest BCUT2D eigenvalue weighted by atomic mass is 10.5. The van der Waals surface area contributed by atoms with Gasteiger partial charge in [-0.1, -0.05) is 0 Å². The van der Waals surface area contributed by atoms with Crippen LogP contribution in [0.2, 0.25) is 0 Å². The summed E-state index contributed by atoms with van der Waals surface area (Å²) in [5, 5.41) is 13.2. The van der Waals surface area contributed by atoms with Crippen LogP contribution in [0.25, 0.3) is 0 Å². The Morgan fingerprint density at radius 2 is 1.36 bits per heavy atom. The highest BCUT2D eigenvalue weighted by Crippen LogP contribution is 2.68. The molecule has 9 nitrogen and oxygen atoms in total. The molecule has 0 aliphatic carbocycles. The van der Waals surface area contributed by atoms with Crippen molar-refractivity contribution >= 4 is 21.2 Å². The van der Waals surface area contributed by atoms with Crippen molar-refractivity contribution in [2.75, 3.05) is 0 Å². The minimum atomic E-state index is -5.65. The van der Waals surface area contributed by atoms with E-state index in [1.165, 1.54) is 0 Å². The molecule has 0 atom stereocenters. The van der Waals surface area contributed by atoms with Crippen LogP contribution in [0.15, 0.2) is 0 Å². The van der Waals surface area contributed by atoms with E-state index in [-0.39, 0.29) is 0 Å². The normalized spacial score (nSPS) is 14.1.